The molecule has 190 valence electrons. The molecule has 1 aliphatic heterocycles. The normalized spacial score (nSPS) is 18.8. The van der Waals surface area contributed by atoms with Crippen LogP contribution in [-0.4, -0.2) is 78.1 Å². The molecule has 1 saturated carbocycles. The van der Waals surface area contributed by atoms with Crippen molar-refractivity contribution in [3.05, 3.63) is 42.0 Å². The minimum atomic E-state index is -0.610. The standard InChI is InChI=1S/C27H38FN5O2/c1-20(22-6-4-3-5-7-22)30-25(34)18-21-8-10-23(11-9-21)24-19-29-27(31-26(24)28)35-17-16-33-14-12-32(2)13-15-33/h8-11,19-20,22H,3-7,12-18H2,1-2H3,(H,30,34)/t20-/m1/s1. The summed E-state index contributed by atoms with van der Waals surface area (Å²) in [7, 11) is 2.12. The summed E-state index contributed by atoms with van der Waals surface area (Å²) in [6, 6.07) is 7.60. The number of carbonyl (C=O) groups excluding carboxylic acids is 1. The van der Waals surface area contributed by atoms with Crippen LogP contribution >= 0.6 is 0 Å². The number of hydrogen-bond donors (Lipinski definition) is 1. The van der Waals surface area contributed by atoms with Crippen molar-refractivity contribution in [3.8, 4) is 17.1 Å². The van der Waals surface area contributed by atoms with Gasteiger partial charge in [0.25, 0.3) is 0 Å². The molecule has 0 bridgehead atoms. The van der Waals surface area contributed by atoms with Gasteiger partial charge in [-0.3, -0.25) is 9.69 Å². The van der Waals surface area contributed by atoms with E-state index in [9.17, 15) is 9.18 Å². The number of halogens is 1. The molecule has 1 N–H and O–H groups in total. The first-order valence-corrected chi connectivity index (χ1v) is 12.9. The van der Waals surface area contributed by atoms with E-state index in [1.807, 2.05) is 24.3 Å². The summed E-state index contributed by atoms with van der Waals surface area (Å²) in [5.74, 6) is 0.00148. The van der Waals surface area contributed by atoms with Crippen molar-refractivity contribution in [2.24, 2.45) is 5.92 Å². The number of nitrogens with zero attached hydrogens (tertiary/aromatic N) is 4. The van der Waals surface area contributed by atoms with E-state index in [-0.39, 0.29) is 18.0 Å². The van der Waals surface area contributed by atoms with E-state index in [4.69, 9.17) is 4.74 Å². The van der Waals surface area contributed by atoms with Gasteiger partial charge in [-0.15, -0.1) is 0 Å². The Morgan fingerprint density at radius 1 is 1.14 bits per heavy atom. The van der Waals surface area contributed by atoms with E-state index in [1.54, 1.807) is 0 Å². The lowest BCUT2D eigenvalue weighted by atomic mass is 9.84. The van der Waals surface area contributed by atoms with Gasteiger partial charge in [0.05, 0.1) is 12.0 Å². The van der Waals surface area contributed by atoms with Crippen LogP contribution in [0.4, 0.5) is 4.39 Å². The van der Waals surface area contributed by atoms with E-state index in [1.165, 1.54) is 38.3 Å². The maximum Gasteiger partial charge on any atom is 0.319 e. The maximum atomic E-state index is 14.7. The number of hydrogen-bond acceptors (Lipinski definition) is 6. The predicted octanol–water partition coefficient (Wildman–Crippen LogP) is 3.54. The first kappa shape index (κ1) is 25.5. The summed E-state index contributed by atoms with van der Waals surface area (Å²) in [5, 5.41) is 3.16. The van der Waals surface area contributed by atoms with Crippen molar-refractivity contribution in [3.63, 3.8) is 0 Å². The van der Waals surface area contributed by atoms with Crippen molar-refractivity contribution in [1.82, 2.24) is 25.1 Å². The number of likely N-dealkylation sites (N-methyl/N-ethyl adjacent to an activating group) is 1. The Labute approximate surface area is 208 Å². The molecule has 1 aromatic carbocycles. The average Bonchev–Trinajstić information content (AvgIpc) is 2.86. The summed E-state index contributed by atoms with van der Waals surface area (Å²) < 4.78 is 20.3. The molecule has 1 aliphatic carbocycles. The van der Waals surface area contributed by atoms with E-state index >= 15 is 0 Å². The summed E-state index contributed by atoms with van der Waals surface area (Å²) >= 11 is 0. The molecule has 2 aromatic rings. The van der Waals surface area contributed by atoms with Crippen LogP contribution in [0.2, 0.25) is 0 Å². The molecule has 1 aromatic heterocycles. The number of rotatable bonds is 9. The van der Waals surface area contributed by atoms with Crippen molar-refractivity contribution in [2.75, 3.05) is 46.4 Å². The lowest BCUT2D eigenvalue weighted by Gasteiger charge is -2.31. The van der Waals surface area contributed by atoms with Crippen LogP contribution in [-0.2, 0) is 11.2 Å². The van der Waals surface area contributed by atoms with Crippen molar-refractivity contribution >= 4 is 5.91 Å². The number of benzene rings is 1. The smallest absolute Gasteiger partial charge is 0.319 e. The second-order valence-corrected chi connectivity index (χ2v) is 9.98. The maximum absolute atomic E-state index is 14.7. The Hall–Kier alpha value is -2.58. The highest BCUT2D eigenvalue weighted by Gasteiger charge is 2.21. The quantitative estimate of drug-likeness (QED) is 0.550. The van der Waals surface area contributed by atoms with Crippen LogP contribution in [0.15, 0.2) is 30.5 Å². The third-order valence-electron chi connectivity index (χ3n) is 7.33. The lowest BCUT2D eigenvalue weighted by molar-refractivity contribution is -0.121. The van der Waals surface area contributed by atoms with Gasteiger partial charge in [0.2, 0.25) is 11.9 Å². The third kappa shape index (κ3) is 7.45. The van der Waals surface area contributed by atoms with E-state index in [2.05, 4.69) is 39.1 Å². The van der Waals surface area contributed by atoms with Gasteiger partial charge in [0.15, 0.2) is 0 Å². The summed E-state index contributed by atoms with van der Waals surface area (Å²) in [5.41, 5.74) is 1.89. The van der Waals surface area contributed by atoms with Gasteiger partial charge >= 0.3 is 6.01 Å². The van der Waals surface area contributed by atoms with E-state index < -0.39 is 5.95 Å². The molecular formula is C27H38FN5O2. The molecule has 35 heavy (non-hydrogen) atoms. The lowest BCUT2D eigenvalue weighted by Crippen LogP contribution is -2.45. The summed E-state index contributed by atoms with van der Waals surface area (Å²) in [6.07, 6.45) is 8.00. The predicted molar refractivity (Wildman–Crippen MR) is 135 cm³/mol. The third-order valence-corrected chi connectivity index (χ3v) is 7.33. The summed E-state index contributed by atoms with van der Waals surface area (Å²) in [6.45, 7) is 7.41. The number of nitrogens with one attached hydrogen (secondary N) is 1. The number of aromatic nitrogens is 2. The second-order valence-electron chi connectivity index (χ2n) is 9.98. The van der Waals surface area contributed by atoms with E-state index in [0.29, 0.717) is 30.1 Å². The molecule has 2 aliphatic rings. The molecule has 1 atom stereocenters. The second kappa shape index (κ2) is 12.4. The van der Waals surface area contributed by atoms with Crippen LogP contribution in [0.5, 0.6) is 6.01 Å². The largest absolute Gasteiger partial charge is 0.462 e. The van der Waals surface area contributed by atoms with Gasteiger partial charge in [0.1, 0.15) is 6.61 Å². The van der Waals surface area contributed by atoms with Gasteiger partial charge in [0, 0.05) is 45.0 Å². The van der Waals surface area contributed by atoms with Crippen LogP contribution in [0.25, 0.3) is 11.1 Å². The Bertz CT molecular complexity index is 957. The summed E-state index contributed by atoms with van der Waals surface area (Å²) in [4.78, 5) is 25.2. The molecular weight excluding hydrogens is 445 g/mol. The Kier molecular flexibility index (Phi) is 9.04. The fourth-order valence-electron chi connectivity index (χ4n) is 4.99. The molecule has 7 nitrogen and oxygen atoms in total. The molecule has 0 unspecified atom stereocenters. The topological polar surface area (TPSA) is 70.6 Å². The zero-order valence-electron chi connectivity index (χ0n) is 21.0. The first-order chi connectivity index (χ1) is 17.0. The highest BCUT2D eigenvalue weighted by molar-refractivity contribution is 5.79. The van der Waals surface area contributed by atoms with Crippen molar-refractivity contribution in [1.29, 1.82) is 0 Å². The Balaban J connectivity index is 1.26. The number of carbonyl (C=O) groups is 1. The minimum Gasteiger partial charge on any atom is -0.462 e. The van der Waals surface area contributed by atoms with Gasteiger partial charge < -0.3 is 15.0 Å². The van der Waals surface area contributed by atoms with Crippen LogP contribution in [0.3, 0.4) is 0 Å². The average molecular weight is 484 g/mol. The van der Waals surface area contributed by atoms with E-state index in [0.717, 1.165) is 38.3 Å². The zero-order valence-corrected chi connectivity index (χ0v) is 21.0. The Morgan fingerprint density at radius 3 is 2.54 bits per heavy atom. The highest BCUT2D eigenvalue weighted by Crippen LogP contribution is 2.26. The molecule has 4 rings (SSSR count). The molecule has 8 heteroatoms. The molecule has 1 amide bonds. The van der Waals surface area contributed by atoms with Crippen molar-refractivity contribution in [2.45, 2.75) is 51.5 Å². The van der Waals surface area contributed by atoms with Crippen molar-refractivity contribution < 1.29 is 13.9 Å². The highest BCUT2D eigenvalue weighted by atomic mass is 19.1. The van der Waals surface area contributed by atoms with Gasteiger partial charge in [-0.1, -0.05) is 43.5 Å². The number of piperazine rings is 1. The fourth-order valence-corrected chi connectivity index (χ4v) is 4.99. The molecule has 0 radical (unpaired) electrons. The SMILES string of the molecule is C[C@@H](NC(=O)Cc1ccc(-c2cnc(OCCN3CCN(C)CC3)nc2F)cc1)C1CCCCC1. The zero-order chi connectivity index (χ0) is 24.6. The first-order valence-electron chi connectivity index (χ1n) is 12.9. The monoisotopic (exact) mass is 483 g/mol. The van der Waals surface area contributed by atoms with Crippen LogP contribution < -0.4 is 10.1 Å². The van der Waals surface area contributed by atoms with Crippen LogP contribution in [0.1, 0.15) is 44.6 Å². The minimum absolute atomic E-state index is 0.0309. The number of ether oxygens (including phenoxy) is 1. The number of amides is 1. The van der Waals surface area contributed by atoms with Gasteiger partial charge in [-0.2, -0.15) is 9.37 Å². The fraction of sp³-hybridized carbons (Fsp3) is 0.593. The molecule has 1 saturated heterocycles. The van der Waals surface area contributed by atoms with Gasteiger partial charge in [-0.25, -0.2) is 4.98 Å². The van der Waals surface area contributed by atoms with Crippen LogP contribution in [0, 0.1) is 11.9 Å². The van der Waals surface area contributed by atoms with Gasteiger partial charge in [-0.05, 0) is 43.9 Å². The molecule has 2 fully saturated rings. The Morgan fingerprint density at radius 2 is 1.86 bits per heavy atom. The molecule has 2 heterocycles. The molecule has 0 spiro atoms.